The van der Waals surface area contributed by atoms with E-state index >= 15 is 0 Å². The quantitative estimate of drug-likeness (QED) is 0.810. The van der Waals surface area contributed by atoms with Crippen LogP contribution in [0.1, 0.15) is 12.0 Å². The number of amides is 2. The van der Waals surface area contributed by atoms with Crippen LogP contribution in [0.15, 0.2) is 42.5 Å². The highest BCUT2D eigenvalue weighted by Crippen LogP contribution is 2.31. The van der Waals surface area contributed by atoms with Gasteiger partial charge in [0.2, 0.25) is 11.8 Å². The van der Waals surface area contributed by atoms with Gasteiger partial charge < -0.3 is 24.4 Å². The van der Waals surface area contributed by atoms with Crippen molar-refractivity contribution in [3.63, 3.8) is 0 Å². The molecule has 7 nitrogen and oxygen atoms in total. The Bertz CT molecular complexity index is 897. The van der Waals surface area contributed by atoms with Gasteiger partial charge in [-0.25, -0.2) is 0 Å². The third-order valence-corrected chi connectivity index (χ3v) is 5.20. The Balaban J connectivity index is 1.29. The molecule has 2 heterocycles. The minimum atomic E-state index is -0.343. The summed E-state index contributed by atoms with van der Waals surface area (Å²) < 4.78 is 16.3. The number of hydrogen-bond acceptors (Lipinski definition) is 5. The van der Waals surface area contributed by atoms with Crippen LogP contribution in [0.3, 0.4) is 0 Å². The maximum Gasteiger partial charge on any atom is 0.227 e. The van der Waals surface area contributed by atoms with Crippen LogP contribution in [-0.2, 0) is 16.0 Å². The molecule has 7 heteroatoms. The second-order valence-electron chi connectivity index (χ2n) is 7.12. The first-order chi connectivity index (χ1) is 14.1. The molecule has 0 radical (unpaired) electrons. The van der Waals surface area contributed by atoms with E-state index in [1.165, 1.54) is 0 Å². The number of hydrogen-bond donors (Lipinski definition) is 1. The fourth-order valence-corrected chi connectivity index (χ4v) is 3.61. The fourth-order valence-electron chi connectivity index (χ4n) is 3.61. The maximum absolute atomic E-state index is 12.5. The number of nitrogens with zero attached hydrogens (tertiary/aromatic N) is 1. The van der Waals surface area contributed by atoms with Gasteiger partial charge in [-0.3, -0.25) is 9.59 Å². The van der Waals surface area contributed by atoms with Crippen LogP contribution in [0.5, 0.6) is 17.2 Å². The number of methoxy groups -OCH3 is 1. The molecule has 0 bridgehead atoms. The zero-order valence-corrected chi connectivity index (χ0v) is 16.3. The average Bonchev–Trinajstić information content (AvgIpc) is 3.15. The Labute approximate surface area is 169 Å². The van der Waals surface area contributed by atoms with Crippen molar-refractivity contribution in [1.29, 1.82) is 0 Å². The summed E-state index contributed by atoms with van der Waals surface area (Å²) in [5, 5.41) is 2.95. The Morgan fingerprint density at radius 3 is 2.66 bits per heavy atom. The first-order valence-corrected chi connectivity index (χ1v) is 9.74. The van der Waals surface area contributed by atoms with Gasteiger partial charge in [-0.15, -0.1) is 0 Å². The van der Waals surface area contributed by atoms with Crippen LogP contribution in [0, 0.1) is 5.92 Å². The van der Waals surface area contributed by atoms with E-state index in [-0.39, 0.29) is 24.2 Å². The normalized spacial score (nSPS) is 17.9. The SMILES string of the molecule is COc1ccc(N2CC(C(=O)NCCc3ccc4c(c3)OCCO4)CC2=O)cc1. The number of nitrogens with one attached hydrogen (secondary N) is 1. The molecule has 29 heavy (non-hydrogen) atoms. The third-order valence-electron chi connectivity index (χ3n) is 5.20. The van der Waals surface area contributed by atoms with E-state index < -0.39 is 0 Å². The molecule has 2 aromatic carbocycles. The van der Waals surface area contributed by atoms with Crippen molar-refractivity contribution in [1.82, 2.24) is 5.32 Å². The van der Waals surface area contributed by atoms with Crippen LogP contribution in [0.25, 0.3) is 0 Å². The number of rotatable bonds is 6. The van der Waals surface area contributed by atoms with Crippen molar-refractivity contribution in [3.05, 3.63) is 48.0 Å². The summed E-state index contributed by atoms with van der Waals surface area (Å²) >= 11 is 0. The lowest BCUT2D eigenvalue weighted by atomic mass is 10.1. The lowest BCUT2D eigenvalue weighted by Crippen LogP contribution is -2.34. The molecular weight excluding hydrogens is 372 g/mol. The summed E-state index contributed by atoms with van der Waals surface area (Å²) in [5.74, 6) is 1.76. The molecule has 0 aliphatic carbocycles. The van der Waals surface area contributed by atoms with E-state index in [0.717, 1.165) is 28.5 Å². The molecule has 2 aromatic rings. The van der Waals surface area contributed by atoms with E-state index in [0.29, 0.717) is 32.7 Å². The Hall–Kier alpha value is -3.22. The Morgan fingerprint density at radius 1 is 1.14 bits per heavy atom. The molecule has 4 rings (SSSR count). The van der Waals surface area contributed by atoms with Crippen molar-refractivity contribution in [2.75, 3.05) is 38.3 Å². The second-order valence-corrected chi connectivity index (χ2v) is 7.12. The number of carbonyl (C=O) groups is 2. The van der Waals surface area contributed by atoms with E-state index in [2.05, 4.69) is 5.32 Å². The van der Waals surface area contributed by atoms with Gasteiger partial charge in [-0.05, 0) is 48.4 Å². The summed E-state index contributed by atoms with van der Waals surface area (Å²) in [4.78, 5) is 26.6. The van der Waals surface area contributed by atoms with Crippen LogP contribution >= 0.6 is 0 Å². The third kappa shape index (κ3) is 4.29. The van der Waals surface area contributed by atoms with Crippen LogP contribution in [0.2, 0.25) is 0 Å². The number of carbonyl (C=O) groups excluding carboxylic acids is 2. The molecule has 2 aliphatic heterocycles. The number of fused-ring (bicyclic) bond motifs is 1. The van der Waals surface area contributed by atoms with E-state index in [1.807, 2.05) is 42.5 Å². The Morgan fingerprint density at radius 2 is 1.90 bits per heavy atom. The van der Waals surface area contributed by atoms with E-state index in [9.17, 15) is 9.59 Å². The molecule has 0 saturated carbocycles. The van der Waals surface area contributed by atoms with Gasteiger partial charge >= 0.3 is 0 Å². The molecule has 1 N–H and O–H groups in total. The van der Waals surface area contributed by atoms with Crippen LogP contribution in [0.4, 0.5) is 5.69 Å². The zero-order chi connectivity index (χ0) is 20.2. The molecule has 2 aliphatic rings. The molecular formula is C22H24N2O5. The van der Waals surface area contributed by atoms with Crippen molar-refractivity contribution in [2.45, 2.75) is 12.8 Å². The largest absolute Gasteiger partial charge is 0.497 e. The maximum atomic E-state index is 12.5. The van der Waals surface area contributed by atoms with Crippen molar-refractivity contribution in [2.24, 2.45) is 5.92 Å². The van der Waals surface area contributed by atoms with Crippen molar-refractivity contribution < 1.29 is 23.8 Å². The summed E-state index contributed by atoms with van der Waals surface area (Å²) in [6, 6.07) is 13.1. The second kappa shape index (κ2) is 8.43. The van der Waals surface area contributed by atoms with Crippen LogP contribution < -0.4 is 24.4 Å². The van der Waals surface area contributed by atoms with E-state index in [1.54, 1.807) is 12.0 Å². The van der Waals surface area contributed by atoms with Gasteiger partial charge in [0, 0.05) is 25.2 Å². The number of anilines is 1. The van der Waals surface area contributed by atoms with Crippen molar-refractivity contribution >= 4 is 17.5 Å². The minimum Gasteiger partial charge on any atom is -0.497 e. The summed E-state index contributed by atoms with van der Waals surface area (Å²) in [5.41, 5.74) is 1.85. The first-order valence-electron chi connectivity index (χ1n) is 9.74. The fraction of sp³-hybridized carbons (Fsp3) is 0.364. The molecule has 0 spiro atoms. The Kier molecular flexibility index (Phi) is 5.55. The molecule has 1 unspecified atom stereocenters. The molecule has 1 fully saturated rings. The van der Waals surface area contributed by atoms with Gasteiger partial charge in [0.15, 0.2) is 11.5 Å². The van der Waals surface area contributed by atoms with Crippen molar-refractivity contribution in [3.8, 4) is 17.2 Å². The van der Waals surface area contributed by atoms with Gasteiger partial charge in [-0.1, -0.05) is 6.07 Å². The highest BCUT2D eigenvalue weighted by Gasteiger charge is 2.34. The monoisotopic (exact) mass is 396 g/mol. The molecule has 1 saturated heterocycles. The highest BCUT2D eigenvalue weighted by atomic mass is 16.6. The predicted molar refractivity (Wildman–Crippen MR) is 108 cm³/mol. The van der Waals surface area contributed by atoms with Gasteiger partial charge in [0.05, 0.1) is 13.0 Å². The zero-order valence-electron chi connectivity index (χ0n) is 16.3. The topological polar surface area (TPSA) is 77.1 Å². The van der Waals surface area contributed by atoms with Gasteiger partial charge in [0.25, 0.3) is 0 Å². The lowest BCUT2D eigenvalue weighted by Gasteiger charge is -2.19. The lowest BCUT2D eigenvalue weighted by molar-refractivity contribution is -0.126. The van der Waals surface area contributed by atoms with Crippen LogP contribution in [-0.4, -0.2) is 45.2 Å². The molecule has 0 aromatic heterocycles. The predicted octanol–water partition coefficient (Wildman–Crippen LogP) is 2.18. The summed E-state index contributed by atoms with van der Waals surface area (Å²) in [7, 11) is 1.60. The van der Waals surface area contributed by atoms with Gasteiger partial charge in [-0.2, -0.15) is 0 Å². The average molecular weight is 396 g/mol. The first kappa shape index (κ1) is 19.1. The standard InChI is InChI=1S/C22H24N2O5/c1-27-18-5-3-17(4-6-18)24-14-16(13-21(24)25)22(26)23-9-8-15-2-7-19-20(12-15)29-11-10-28-19/h2-7,12,16H,8-11,13-14H2,1H3,(H,23,26). The highest BCUT2D eigenvalue weighted by molar-refractivity contribution is 6.00. The number of benzene rings is 2. The number of ether oxygens (including phenoxy) is 3. The molecule has 152 valence electrons. The summed E-state index contributed by atoms with van der Waals surface area (Å²) in [6.45, 7) is 2.01. The smallest absolute Gasteiger partial charge is 0.227 e. The van der Waals surface area contributed by atoms with Gasteiger partial charge in [0.1, 0.15) is 19.0 Å². The molecule has 2 amide bonds. The molecule has 1 atom stereocenters. The van der Waals surface area contributed by atoms with E-state index in [4.69, 9.17) is 14.2 Å². The minimum absolute atomic E-state index is 0.0397. The summed E-state index contributed by atoms with van der Waals surface area (Å²) in [6.07, 6.45) is 0.910.